The zero-order valence-electron chi connectivity index (χ0n) is 15.1. The quantitative estimate of drug-likeness (QED) is 0.623. The molecule has 2 aromatic rings. The largest absolute Gasteiger partial charge is 0.497 e. The standard InChI is InChI=1S/C18H18N4O5S/c1-18(11-5-7-12(27-2)8-6-11)16(25)22(17(26)20-18)21-14(23)10-19-15(24)13-4-3-9-28-13/h3-9H,10H2,1-2H3,(H,19,24)(H,20,26)(H,21,23)/t18-/m0/s1. The fourth-order valence-electron chi connectivity index (χ4n) is 2.68. The summed E-state index contributed by atoms with van der Waals surface area (Å²) in [6.45, 7) is 1.16. The first kappa shape index (κ1) is 19.4. The van der Waals surface area contributed by atoms with Gasteiger partial charge in [0.05, 0.1) is 18.5 Å². The van der Waals surface area contributed by atoms with Crippen LogP contribution < -0.4 is 20.8 Å². The Morgan fingerprint density at radius 3 is 2.54 bits per heavy atom. The minimum absolute atomic E-state index is 0.382. The second-order valence-corrected chi connectivity index (χ2v) is 7.07. The maximum Gasteiger partial charge on any atom is 0.344 e. The molecule has 0 unspecified atom stereocenters. The molecular formula is C18H18N4O5S. The number of nitrogens with zero attached hydrogens (tertiary/aromatic N) is 1. The Labute approximate surface area is 164 Å². The number of rotatable bonds is 6. The molecule has 3 rings (SSSR count). The lowest BCUT2D eigenvalue weighted by Gasteiger charge is -2.22. The van der Waals surface area contributed by atoms with Crippen LogP contribution in [0.5, 0.6) is 5.75 Å². The summed E-state index contributed by atoms with van der Waals surface area (Å²) in [7, 11) is 1.52. The van der Waals surface area contributed by atoms with E-state index < -0.39 is 29.3 Å². The number of hydrogen-bond donors (Lipinski definition) is 3. The first-order valence-electron chi connectivity index (χ1n) is 8.27. The lowest BCUT2D eigenvalue weighted by atomic mass is 9.92. The van der Waals surface area contributed by atoms with E-state index >= 15 is 0 Å². The van der Waals surface area contributed by atoms with Gasteiger partial charge in [-0.2, -0.15) is 5.01 Å². The van der Waals surface area contributed by atoms with Crippen molar-refractivity contribution in [1.82, 2.24) is 21.1 Å². The highest BCUT2D eigenvalue weighted by Gasteiger charge is 2.50. The molecule has 0 saturated carbocycles. The number of hydrazine groups is 1. The van der Waals surface area contributed by atoms with Gasteiger partial charge in [-0.05, 0) is 36.1 Å². The van der Waals surface area contributed by atoms with E-state index in [1.807, 2.05) is 0 Å². The number of carbonyl (C=O) groups excluding carboxylic acids is 4. The van der Waals surface area contributed by atoms with Gasteiger partial charge in [-0.15, -0.1) is 11.3 Å². The van der Waals surface area contributed by atoms with Gasteiger partial charge in [-0.3, -0.25) is 19.8 Å². The highest BCUT2D eigenvalue weighted by Crippen LogP contribution is 2.29. The van der Waals surface area contributed by atoms with Gasteiger partial charge in [0.2, 0.25) is 0 Å². The molecule has 10 heteroatoms. The van der Waals surface area contributed by atoms with Crippen molar-refractivity contribution in [3.8, 4) is 5.75 Å². The molecule has 5 amide bonds. The minimum Gasteiger partial charge on any atom is -0.497 e. The van der Waals surface area contributed by atoms with Crippen molar-refractivity contribution in [3.05, 3.63) is 52.2 Å². The maximum absolute atomic E-state index is 12.8. The lowest BCUT2D eigenvalue weighted by Crippen LogP contribution is -2.50. The van der Waals surface area contributed by atoms with Crippen LogP contribution >= 0.6 is 11.3 Å². The van der Waals surface area contributed by atoms with Gasteiger partial charge in [0.15, 0.2) is 0 Å². The molecule has 1 fully saturated rings. The summed E-state index contributed by atoms with van der Waals surface area (Å²) in [6.07, 6.45) is 0. The summed E-state index contributed by atoms with van der Waals surface area (Å²) >= 11 is 1.23. The number of amides is 5. The fraction of sp³-hybridized carbons (Fsp3) is 0.222. The van der Waals surface area contributed by atoms with Gasteiger partial charge >= 0.3 is 6.03 Å². The molecule has 28 heavy (non-hydrogen) atoms. The van der Waals surface area contributed by atoms with Crippen LogP contribution in [0.4, 0.5) is 4.79 Å². The second-order valence-electron chi connectivity index (χ2n) is 6.12. The third-order valence-electron chi connectivity index (χ3n) is 4.25. The van der Waals surface area contributed by atoms with Crippen LogP contribution in [0.2, 0.25) is 0 Å². The first-order chi connectivity index (χ1) is 13.3. The summed E-state index contributed by atoms with van der Waals surface area (Å²) in [4.78, 5) is 49.4. The Morgan fingerprint density at radius 1 is 1.21 bits per heavy atom. The van der Waals surface area contributed by atoms with Gasteiger partial charge in [0.25, 0.3) is 17.7 Å². The van der Waals surface area contributed by atoms with E-state index in [-0.39, 0.29) is 6.54 Å². The van der Waals surface area contributed by atoms with Crippen LogP contribution in [0.1, 0.15) is 22.2 Å². The normalized spacial score (nSPS) is 18.6. The number of benzene rings is 1. The predicted octanol–water partition coefficient (Wildman–Crippen LogP) is 0.985. The summed E-state index contributed by atoms with van der Waals surface area (Å²) < 4.78 is 5.09. The van der Waals surface area contributed by atoms with Gasteiger partial charge in [0, 0.05) is 0 Å². The van der Waals surface area contributed by atoms with E-state index in [4.69, 9.17) is 4.74 Å². The summed E-state index contributed by atoms with van der Waals surface area (Å²) in [5.74, 6) is -1.14. The second kappa shape index (κ2) is 7.69. The van der Waals surface area contributed by atoms with Crippen molar-refractivity contribution in [3.63, 3.8) is 0 Å². The predicted molar refractivity (Wildman–Crippen MR) is 101 cm³/mol. The number of ether oxygens (including phenoxy) is 1. The molecular weight excluding hydrogens is 384 g/mol. The van der Waals surface area contributed by atoms with Crippen LogP contribution in [0.25, 0.3) is 0 Å². The van der Waals surface area contributed by atoms with E-state index in [0.717, 1.165) is 0 Å². The van der Waals surface area contributed by atoms with Gasteiger partial charge in [0.1, 0.15) is 11.3 Å². The Kier molecular flexibility index (Phi) is 5.32. The van der Waals surface area contributed by atoms with Crippen molar-refractivity contribution in [2.45, 2.75) is 12.5 Å². The number of thiophene rings is 1. The van der Waals surface area contributed by atoms with Gasteiger partial charge in [-0.25, -0.2) is 4.79 Å². The van der Waals surface area contributed by atoms with Crippen molar-refractivity contribution in [1.29, 1.82) is 0 Å². The third-order valence-corrected chi connectivity index (χ3v) is 5.12. The van der Waals surface area contributed by atoms with E-state index in [1.54, 1.807) is 48.7 Å². The average molecular weight is 402 g/mol. The van der Waals surface area contributed by atoms with Crippen molar-refractivity contribution < 1.29 is 23.9 Å². The Hall–Kier alpha value is -3.40. The van der Waals surface area contributed by atoms with E-state index in [9.17, 15) is 19.2 Å². The number of hydrogen-bond acceptors (Lipinski definition) is 6. The van der Waals surface area contributed by atoms with Crippen LogP contribution in [0.15, 0.2) is 41.8 Å². The van der Waals surface area contributed by atoms with Gasteiger partial charge < -0.3 is 15.4 Å². The smallest absolute Gasteiger partial charge is 0.344 e. The van der Waals surface area contributed by atoms with Crippen molar-refractivity contribution in [2.75, 3.05) is 13.7 Å². The third kappa shape index (κ3) is 3.67. The average Bonchev–Trinajstić information content (AvgIpc) is 3.30. The highest BCUT2D eigenvalue weighted by atomic mass is 32.1. The van der Waals surface area contributed by atoms with Crippen molar-refractivity contribution >= 4 is 35.1 Å². The topological polar surface area (TPSA) is 117 Å². The molecule has 2 heterocycles. The number of nitrogens with one attached hydrogen (secondary N) is 3. The fourth-order valence-corrected chi connectivity index (χ4v) is 3.32. The number of carbonyl (C=O) groups is 4. The summed E-state index contributed by atoms with van der Waals surface area (Å²) in [5, 5.41) is 7.36. The number of urea groups is 1. The Morgan fingerprint density at radius 2 is 1.93 bits per heavy atom. The monoisotopic (exact) mass is 402 g/mol. The molecule has 1 aromatic heterocycles. The maximum atomic E-state index is 12.8. The molecule has 0 spiro atoms. The number of methoxy groups -OCH3 is 1. The molecule has 1 saturated heterocycles. The molecule has 0 aliphatic carbocycles. The zero-order valence-corrected chi connectivity index (χ0v) is 16.0. The Bertz CT molecular complexity index is 913. The highest BCUT2D eigenvalue weighted by molar-refractivity contribution is 7.12. The molecule has 1 aromatic carbocycles. The molecule has 0 bridgehead atoms. The summed E-state index contributed by atoms with van der Waals surface area (Å²) in [5.41, 5.74) is 1.42. The number of imide groups is 1. The zero-order chi connectivity index (χ0) is 20.3. The Balaban J connectivity index is 1.64. The van der Waals surface area contributed by atoms with E-state index in [0.29, 0.717) is 21.2 Å². The van der Waals surface area contributed by atoms with Crippen LogP contribution in [0, 0.1) is 0 Å². The summed E-state index contributed by atoms with van der Waals surface area (Å²) in [6, 6.07) is 9.22. The molecule has 1 aliphatic rings. The molecule has 0 radical (unpaired) electrons. The first-order valence-corrected chi connectivity index (χ1v) is 9.15. The lowest BCUT2D eigenvalue weighted by molar-refractivity contribution is -0.138. The van der Waals surface area contributed by atoms with Crippen LogP contribution in [0.3, 0.4) is 0 Å². The van der Waals surface area contributed by atoms with Crippen LogP contribution in [-0.4, -0.2) is 42.4 Å². The minimum atomic E-state index is -1.34. The molecule has 3 N–H and O–H groups in total. The van der Waals surface area contributed by atoms with E-state index in [1.165, 1.54) is 18.4 Å². The van der Waals surface area contributed by atoms with Crippen molar-refractivity contribution in [2.24, 2.45) is 0 Å². The van der Waals surface area contributed by atoms with Crippen LogP contribution in [-0.2, 0) is 15.1 Å². The molecule has 1 aliphatic heterocycles. The molecule has 146 valence electrons. The molecule has 1 atom stereocenters. The van der Waals surface area contributed by atoms with E-state index in [2.05, 4.69) is 16.1 Å². The molecule has 9 nitrogen and oxygen atoms in total. The SMILES string of the molecule is COc1ccc([C@]2(C)NC(=O)N(NC(=O)CNC(=O)c3cccs3)C2=O)cc1. The van der Waals surface area contributed by atoms with Gasteiger partial charge in [-0.1, -0.05) is 18.2 Å².